The molecule has 3 saturated heterocycles. The number of rotatable bonds is 5. The summed E-state index contributed by atoms with van der Waals surface area (Å²) in [5.41, 5.74) is 2.26. The molecule has 3 aliphatic rings. The fourth-order valence-electron chi connectivity index (χ4n) is 4.29. The number of piperidine rings is 1. The van der Waals surface area contributed by atoms with Crippen LogP contribution in [-0.4, -0.2) is 50.8 Å². The first-order chi connectivity index (χ1) is 12.5. The zero-order chi connectivity index (χ0) is 18.3. The van der Waals surface area contributed by atoms with Gasteiger partial charge in [-0.15, -0.1) is 10.2 Å². The molecule has 26 heavy (non-hydrogen) atoms. The van der Waals surface area contributed by atoms with Crippen LogP contribution in [0.3, 0.4) is 0 Å². The fourth-order valence-corrected chi connectivity index (χ4v) is 4.29. The SMILES string of the molecule is Cc1noc(C)c1CN1C[C@@H]2CC[C@H](C1)N(Cc1nnc(C(C)C)o1)C2. The summed E-state index contributed by atoms with van der Waals surface area (Å²) >= 11 is 0. The molecule has 7 nitrogen and oxygen atoms in total. The molecule has 0 N–H and O–H groups in total. The van der Waals surface area contributed by atoms with Crippen molar-refractivity contribution in [1.82, 2.24) is 25.2 Å². The van der Waals surface area contributed by atoms with Gasteiger partial charge in [0.1, 0.15) is 5.76 Å². The zero-order valence-electron chi connectivity index (χ0n) is 16.2. The first-order valence-electron chi connectivity index (χ1n) is 9.70. The molecule has 0 amide bonds. The lowest BCUT2D eigenvalue weighted by Gasteiger charge is -2.35. The van der Waals surface area contributed by atoms with Gasteiger partial charge in [0.2, 0.25) is 11.8 Å². The lowest BCUT2D eigenvalue weighted by Crippen LogP contribution is -2.43. The Morgan fingerprint density at radius 3 is 2.62 bits per heavy atom. The molecule has 0 saturated carbocycles. The number of hydrogen-bond acceptors (Lipinski definition) is 7. The summed E-state index contributed by atoms with van der Waals surface area (Å²) in [7, 11) is 0. The molecule has 5 heterocycles. The van der Waals surface area contributed by atoms with Crippen molar-refractivity contribution in [2.24, 2.45) is 5.92 Å². The van der Waals surface area contributed by atoms with Crippen LogP contribution in [0.4, 0.5) is 0 Å². The predicted molar refractivity (Wildman–Crippen MR) is 96.6 cm³/mol. The van der Waals surface area contributed by atoms with Crippen molar-refractivity contribution in [2.45, 2.75) is 65.6 Å². The molecule has 142 valence electrons. The van der Waals surface area contributed by atoms with E-state index in [1.54, 1.807) is 0 Å². The van der Waals surface area contributed by atoms with E-state index in [1.165, 1.54) is 18.4 Å². The molecule has 2 atom stereocenters. The van der Waals surface area contributed by atoms with Gasteiger partial charge in [0.25, 0.3) is 0 Å². The van der Waals surface area contributed by atoms with E-state index in [-0.39, 0.29) is 5.92 Å². The minimum absolute atomic E-state index is 0.280. The minimum Gasteiger partial charge on any atom is -0.424 e. The highest BCUT2D eigenvalue weighted by atomic mass is 16.5. The molecule has 2 aromatic rings. The molecule has 0 aliphatic carbocycles. The molecule has 2 aromatic heterocycles. The van der Waals surface area contributed by atoms with Gasteiger partial charge in [-0.3, -0.25) is 9.80 Å². The van der Waals surface area contributed by atoms with Crippen molar-refractivity contribution in [3.8, 4) is 0 Å². The highest BCUT2D eigenvalue weighted by molar-refractivity contribution is 5.20. The molecular formula is C19H29N5O2. The van der Waals surface area contributed by atoms with Gasteiger partial charge in [-0.1, -0.05) is 19.0 Å². The molecule has 0 radical (unpaired) electrons. The van der Waals surface area contributed by atoms with Gasteiger partial charge in [-0.2, -0.15) is 0 Å². The summed E-state index contributed by atoms with van der Waals surface area (Å²) < 4.78 is 11.2. The Kier molecular flexibility index (Phi) is 4.84. The highest BCUT2D eigenvalue weighted by Gasteiger charge is 2.35. The number of nitrogens with zero attached hydrogens (tertiary/aromatic N) is 5. The summed E-state index contributed by atoms with van der Waals surface area (Å²) in [4.78, 5) is 5.11. The van der Waals surface area contributed by atoms with Gasteiger partial charge in [-0.05, 0) is 32.6 Å². The van der Waals surface area contributed by atoms with E-state index in [1.807, 2.05) is 13.8 Å². The molecule has 3 aliphatic heterocycles. The third kappa shape index (κ3) is 3.55. The smallest absolute Gasteiger partial charge is 0.230 e. The summed E-state index contributed by atoms with van der Waals surface area (Å²) in [6.07, 6.45) is 2.55. The van der Waals surface area contributed by atoms with Crippen LogP contribution < -0.4 is 0 Å². The molecule has 7 heteroatoms. The quantitative estimate of drug-likeness (QED) is 0.813. The van der Waals surface area contributed by atoms with Crippen LogP contribution >= 0.6 is 0 Å². The van der Waals surface area contributed by atoms with Gasteiger partial charge in [0.15, 0.2) is 0 Å². The highest BCUT2D eigenvalue weighted by Crippen LogP contribution is 2.30. The molecule has 3 fully saturated rings. The van der Waals surface area contributed by atoms with Gasteiger partial charge in [-0.25, -0.2) is 0 Å². The summed E-state index contributed by atoms with van der Waals surface area (Å²) in [5, 5.41) is 12.5. The zero-order valence-corrected chi connectivity index (χ0v) is 16.2. The van der Waals surface area contributed by atoms with Crippen molar-refractivity contribution < 1.29 is 8.94 Å². The van der Waals surface area contributed by atoms with Crippen LogP contribution in [0.15, 0.2) is 8.94 Å². The van der Waals surface area contributed by atoms with Gasteiger partial charge in [0.05, 0.1) is 12.2 Å². The van der Waals surface area contributed by atoms with E-state index in [4.69, 9.17) is 8.94 Å². The Labute approximate surface area is 154 Å². The monoisotopic (exact) mass is 359 g/mol. The van der Waals surface area contributed by atoms with E-state index in [0.29, 0.717) is 12.0 Å². The number of aryl methyl sites for hydroxylation is 2. The van der Waals surface area contributed by atoms with E-state index in [0.717, 1.165) is 56.0 Å². The molecule has 5 rings (SSSR count). The Hall–Kier alpha value is -1.73. The summed E-state index contributed by atoms with van der Waals surface area (Å²) in [5.74, 6) is 3.41. The molecule has 0 aromatic carbocycles. The standard InChI is InChI=1S/C19H29N5O2/c1-12(2)19-21-20-18(25-19)11-24-8-15-5-6-16(24)9-23(7-15)10-17-13(3)22-26-14(17)4/h12,15-16H,5-11H2,1-4H3/t15-,16+/m0/s1. The lowest BCUT2D eigenvalue weighted by atomic mass is 9.95. The largest absolute Gasteiger partial charge is 0.424 e. The van der Waals surface area contributed by atoms with Crippen LogP contribution in [0.25, 0.3) is 0 Å². The van der Waals surface area contributed by atoms with Crippen molar-refractivity contribution in [2.75, 3.05) is 19.6 Å². The molecule has 0 spiro atoms. The van der Waals surface area contributed by atoms with Crippen molar-refractivity contribution in [1.29, 1.82) is 0 Å². The van der Waals surface area contributed by atoms with Crippen molar-refractivity contribution >= 4 is 0 Å². The Morgan fingerprint density at radius 1 is 1.08 bits per heavy atom. The molecular weight excluding hydrogens is 330 g/mol. The van der Waals surface area contributed by atoms with Crippen LogP contribution in [0.1, 0.15) is 61.4 Å². The molecule has 2 bridgehead atoms. The van der Waals surface area contributed by atoms with Crippen molar-refractivity contribution in [3.63, 3.8) is 0 Å². The van der Waals surface area contributed by atoms with Crippen LogP contribution in [0.5, 0.6) is 0 Å². The third-order valence-electron chi connectivity index (χ3n) is 5.78. The Morgan fingerprint density at radius 2 is 1.92 bits per heavy atom. The fraction of sp³-hybridized carbons (Fsp3) is 0.737. The first-order valence-corrected chi connectivity index (χ1v) is 9.70. The Balaban J connectivity index is 1.44. The second-order valence-corrected chi connectivity index (χ2v) is 8.21. The minimum atomic E-state index is 0.280. The number of fused-ring (bicyclic) bond motifs is 4. The average Bonchev–Trinajstić information content (AvgIpc) is 3.07. The van der Waals surface area contributed by atoms with Gasteiger partial charge >= 0.3 is 0 Å². The lowest BCUT2D eigenvalue weighted by molar-refractivity contribution is 0.111. The van der Waals surface area contributed by atoms with Crippen LogP contribution in [-0.2, 0) is 13.1 Å². The van der Waals surface area contributed by atoms with Crippen molar-refractivity contribution in [3.05, 3.63) is 28.8 Å². The number of hydrogen-bond donors (Lipinski definition) is 0. The second-order valence-electron chi connectivity index (χ2n) is 8.21. The van der Waals surface area contributed by atoms with Crippen LogP contribution in [0.2, 0.25) is 0 Å². The first kappa shape index (κ1) is 17.7. The van der Waals surface area contributed by atoms with Gasteiger partial charge < -0.3 is 8.94 Å². The molecule has 0 unspecified atom stereocenters. The third-order valence-corrected chi connectivity index (χ3v) is 5.78. The van der Waals surface area contributed by atoms with E-state index in [2.05, 4.69) is 39.0 Å². The maximum Gasteiger partial charge on any atom is 0.230 e. The average molecular weight is 359 g/mol. The normalized spacial score (nSPS) is 24.5. The summed E-state index contributed by atoms with van der Waals surface area (Å²) in [6, 6.07) is 0.545. The summed E-state index contributed by atoms with van der Waals surface area (Å²) in [6.45, 7) is 13.2. The topological polar surface area (TPSA) is 71.4 Å². The predicted octanol–water partition coefficient (Wildman–Crippen LogP) is 2.89. The second kappa shape index (κ2) is 7.12. The number of aromatic nitrogens is 3. The Bertz CT molecular complexity index is 733. The maximum atomic E-state index is 5.84. The van der Waals surface area contributed by atoms with E-state index < -0.39 is 0 Å². The van der Waals surface area contributed by atoms with Crippen LogP contribution in [0, 0.1) is 19.8 Å². The van der Waals surface area contributed by atoms with E-state index in [9.17, 15) is 0 Å². The van der Waals surface area contributed by atoms with E-state index >= 15 is 0 Å². The van der Waals surface area contributed by atoms with Gasteiger partial charge in [0, 0.05) is 43.7 Å². The maximum absolute atomic E-state index is 5.84.